The maximum atomic E-state index is 12.7. The zero-order valence-corrected chi connectivity index (χ0v) is 16.4. The van der Waals surface area contributed by atoms with Crippen molar-refractivity contribution in [2.24, 2.45) is 0 Å². The van der Waals surface area contributed by atoms with Gasteiger partial charge in [0.25, 0.3) is 11.5 Å². The first-order chi connectivity index (χ1) is 13.4. The number of ether oxygens (including phenoxy) is 1. The lowest BCUT2D eigenvalue weighted by molar-refractivity contribution is 0.102. The Balaban J connectivity index is 1.79. The number of nitrogens with zero attached hydrogens (tertiary/aromatic N) is 1. The van der Waals surface area contributed by atoms with Crippen molar-refractivity contribution < 1.29 is 9.53 Å². The lowest BCUT2D eigenvalue weighted by Gasteiger charge is -2.12. The van der Waals surface area contributed by atoms with Gasteiger partial charge in [0.2, 0.25) is 0 Å². The Morgan fingerprint density at radius 3 is 2.57 bits per heavy atom. The monoisotopic (exact) mass is 396 g/mol. The van der Waals surface area contributed by atoms with Gasteiger partial charge in [0, 0.05) is 23.0 Å². The van der Waals surface area contributed by atoms with E-state index in [1.807, 2.05) is 32.0 Å². The second kappa shape index (κ2) is 8.76. The summed E-state index contributed by atoms with van der Waals surface area (Å²) < 4.78 is 7.13. The van der Waals surface area contributed by atoms with Crippen LogP contribution in [0.25, 0.3) is 0 Å². The van der Waals surface area contributed by atoms with Crippen molar-refractivity contribution in [1.29, 1.82) is 0 Å². The third-order valence-corrected chi connectivity index (χ3v) is 4.25. The van der Waals surface area contributed by atoms with Gasteiger partial charge in [0.1, 0.15) is 11.3 Å². The quantitative estimate of drug-likeness (QED) is 0.662. The predicted octanol–water partition coefficient (Wildman–Crippen LogP) is 4.59. The lowest BCUT2D eigenvalue weighted by atomic mass is 10.2. The molecule has 3 aromatic rings. The molecule has 0 radical (unpaired) electrons. The summed E-state index contributed by atoms with van der Waals surface area (Å²) in [5.41, 5.74) is 1.20. The first-order valence-corrected chi connectivity index (χ1v) is 9.32. The van der Waals surface area contributed by atoms with E-state index in [9.17, 15) is 9.59 Å². The molecule has 0 atom stereocenters. The van der Waals surface area contributed by atoms with E-state index in [4.69, 9.17) is 16.3 Å². The fourth-order valence-corrected chi connectivity index (χ4v) is 2.86. The summed E-state index contributed by atoms with van der Waals surface area (Å²) in [4.78, 5) is 25.4. The Morgan fingerprint density at radius 2 is 1.86 bits per heavy atom. The molecular formula is C22H21ClN2O3. The molecule has 0 spiro atoms. The van der Waals surface area contributed by atoms with Crippen molar-refractivity contribution in [3.05, 3.63) is 93.4 Å². The minimum absolute atomic E-state index is 0.0279. The number of aromatic nitrogens is 1. The summed E-state index contributed by atoms with van der Waals surface area (Å²) in [6.45, 7) is 4.21. The Bertz CT molecular complexity index is 1030. The molecule has 1 aromatic heterocycles. The van der Waals surface area contributed by atoms with Crippen LogP contribution in [0.1, 0.15) is 29.8 Å². The number of amides is 1. The van der Waals surface area contributed by atoms with Crippen molar-refractivity contribution in [2.75, 3.05) is 5.32 Å². The van der Waals surface area contributed by atoms with E-state index >= 15 is 0 Å². The summed E-state index contributed by atoms with van der Waals surface area (Å²) >= 11 is 5.90. The fraction of sp³-hybridized carbons (Fsp3) is 0.182. The van der Waals surface area contributed by atoms with Crippen LogP contribution >= 0.6 is 11.6 Å². The smallest absolute Gasteiger partial charge is 0.263 e. The number of hydrogen-bond acceptors (Lipinski definition) is 3. The maximum absolute atomic E-state index is 12.7. The van der Waals surface area contributed by atoms with Crippen molar-refractivity contribution >= 4 is 23.2 Å². The maximum Gasteiger partial charge on any atom is 0.263 e. The van der Waals surface area contributed by atoms with Gasteiger partial charge >= 0.3 is 0 Å². The molecule has 144 valence electrons. The molecule has 6 heteroatoms. The first kappa shape index (κ1) is 19.7. The molecule has 28 heavy (non-hydrogen) atoms. The van der Waals surface area contributed by atoms with E-state index in [0.29, 0.717) is 23.0 Å². The highest BCUT2D eigenvalue weighted by Gasteiger charge is 2.13. The van der Waals surface area contributed by atoms with Gasteiger partial charge in [-0.2, -0.15) is 0 Å². The third kappa shape index (κ3) is 5.02. The summed E-state index contributed by atoms with van der Waals surface area (Å²) in [5.74, 6) is 0.193. The number of halogens is 1. The SMILES string of the molecule is CC(C)Oc1cccc(NC(=O)c2cccn(Cc3ccc(Cl)cc3)c2=O)c1. The summed E-state index contributed by atoms with van der Waals surface area (Å²) in [5, 5.41) is 3.39. The van der Waals surface area contributed by atoms with Crippen LogP contribution in [0, 0.1) is 0 Å². The van der Waals surface area contributed by atoms with Gasteiger partial charge in [-0.05, 0) is 55.8 Å². The molecule has 0 fully saturated rings. The molecule has 0 bridgehead atoms. The van der Waals surface area contributed by atoms with Crippen molar-refractivity contribution in [3.63, 3.8) is 0 Å². The number of anilines is 1. The number of nitrogens with one attached hydrogen (secondary N) is 1. The van der Waals surface area contributed by atoms with Gasteiger partial charge < -0.3 is 14.6 Å². The molecule has 1 N–H and O–H groups in total. The Morgan fingerprint density at radius 1 is 1.11 bits per heavy atom. The summed E-state index contributed by atoms with van der Waals surface area (Å²) in [6, 6.07) is 17.5. The normalized spacial score (nSPS) is 10.7. The molecule has 0 aliphatic rings. The van der Waals surface area contributed by atoms with Gasteiger partial charge in [-0.1, -0.05) is 29.8 Å². The van der Waals surface area contributed by atoms with Crippen LogP contribution in [0.15, 0.2) is 71.7 Å². The number of pyridine rings is 1. The Labute approximate surface area is 168 Å². The van der Waals surface area contributed by atoms with Gasteiger partial charge in [-0.15, -0.1) is 0 Å². The van der Waals surface area contributed by atoms with Gasteiger partial charge in [0.05, 0.1) is 12.6 Å². The lowest BCUT2D eigenvalue weighted by Crippen LogP contribution is -2.29. The van der Waals surface area contributed by atoms with Crippen LogP contribution in [0.3, 0.4) is 0 Å². The highest BCUT2D eigenvalue weighted by atomic mass is 35.5. The van der Waals surface area contributed by atoms with E-state index < -0.39 is 5.91 Å². The first-order valence-electron chi connectivity index (χ1n) is 8.94. The molecule has 0 saturated carbocycles. The Kier molecular flexibility index (Phi) is 6.16. The van der Waals surface area contributed by atoms with Crippen LogP contribution in [0.4, 0.5) is 5.69 Å². The molecule has 0 aliphatic heterocycles. The zero-order valence-electron chi connectivity index (χ0n) is 15.7. The van der Waals surface area contributed by atoms with Crippen LogP contribution in [-0.4, -0.2) is 16.6 Å². The van der Waals surface area contributed by atoms with Crippen LogP contribution < -0.4 is 15.6 Å². The van der Waals surface area contributed by atoms with E-state index in [-0.39, 0.29) is 17.2 Å². The second-order valence-electron chi connectivity index (χ2n) is 6.63. The molecule has 3 rings (SSSR count). The topological polar surface area (TPSA) is 60.3 Å². The van der Waals surface area contributed by atoms with E-state index in [2.05, 4.69) is 5.32 Å². The minimum Gasteiger partial charge on any atom is -0.491 e. The number of hydrogen-bond donors (Lipinski definition) is 1. The minimum atomic E-state index is -0.461. The van der Waals surface area contributed by atoms with Gasteiger partial charge in [-0.3, -0.25) is 9.59 Å². The van der Waals surface area contributed by atoms with Gasteiger partial charge in [-0.25, -0.2) is 0 Å². The molecule has 1 heterocycles. The standard InChI is InChI=1S/C22H21ClN2O3/c1-15(2)28-19-6-3-5-18(13-19)24-21(26)20-7-4-12-25(22(20)27)14-16-8-10-17(23)11-9-16/h3-13,15H,14H2,1-2H3,(H,24,26). The molecule has 2 aromatic carbocycles. The average Bonchev–Trinajstić information content (AvgIpc) is 2.65. The average molecular weight is 397 g/mol. The molecule has 0 unspecified atom stereocenters. The number of rotatable bonds is 6. The largest absolute Gasteiger partial charge is 0.491 e. The fourth-order valence-electron chi connectivity index (χ4n) is 2.74. The van der Waals surface area contributed by atoms with Crippen LogP contribution in [0.5, 0.6) is 5.75 Å². The van der Waals surface area contributed by atoms with Gasteiger partial charge in [0.15, 0.2) is 0 Å². The molecular weight excluding hydrogens is 376 g/mol. The highest BCUT2D eigenvalue weighted by molar-refractivity contribution is 6.30. The molecule has 1 amide bonds. The highest BCUT2D eigenvalue weighted by Crippen LogP contribution is 2.19. The second-order valence-corrected chi connectivity index (χ2v) is 7.07. The van der Waals surface area contributed by atoms with Crippen LogP contribution in [-0.2, 0) is 6.54 Å². The van der Waals surface area contributed by atoms with Crippen LogP contribution in [0.2, 0.25) is 5.02 Å². The number of benzene rings is 2. The molecule has 0 saturated heterocycles. The molecule has 0 aliphatic carbocycles. The zero-order chi connectivity index (χ0) is 20.1. The number of carbonyl (C=O) groups excluding carboxylic acids is 1. The van der Waals surface area contributed by atoms with E-state index in [0.717, 1.165) is 5.56 Å². The van der Waals surface area contributed by atoms with E-state index in [1.165, 1.54) is 10.6 Å². The van der Waals surface area contributed by atoms with Crippen molar-refractivity contribution in [2.45, 2.75) is 26.5 Å². The number of carbonyl (C=O) groups is 1. The van der Waals surface area contributed by atoms with E-state index in [1.54, 1.807) is 42.6 Å². The Hall–Kier alpha value is -3.05. The van der Waals surface area contributed by atoms with Crippen molar-refractivity contribution in [1.82, 2.24) is 4.57 Å². The van der Waals surface area contributed by atoms with Crippen molar-refractivity contribution in [3.8, 4) is 5.75 Å². The molecule has 5 nitrogen and oxygen atoms in total. The summed E-state index contributed by atoms with van der Waals surface area (Å²) in [7, 11) is 0. The third-order valence-electron chi connectivity index (χ3n) is 3.99. The summed E-state index contributed by atoms with van der Waals surface area (Å²) in [6.07, 6.45) is 1.69. The predicted molar refractivity (Wildman–Crippen MR) is 111 cm³/mol.